The number of aryl methyl sites for hydroxylation is 1. The summed E-state index contributed by atoms with van der Waals surface area (Å²) in [6.45, 7) is 10.2. The smallest absolute Gasteiger partial charge is 0.146 e. The first kappa shape index (κ1) is 21.4. The van der Waals surface area contributed by atoms with Gasteiger partial charge in [-0.05, 0) is 39.3 Å². The lowest BCUT2D eigenvalue weighted by Gasteiger charge is -2.43. The van der Waals surface area contributed by atoms with Crippen molar-refractivity contribution < 1.29 is 4.74 Å². The summed E-state index contributed by atoms with van der Waals surface area (Å²) in [6.07, 6.45) is 3.50. The minimum atomic E-state index is -0.134. The van der Waals surface area contributed by atoms with Crippen molar-refractivity contribution in [2.45, 2.75) is 45.7 Å². The van der Waals surface area contributed by atoms with Crippen molar-refractivity contribution in [3.63, 3.8) is 0 Å². The summed E-state index contributed by atoms with van der Waals surface area (Å²) >= 11 is 6.62. The van der Waals surface area contributed by atoms with Crippen LogP contribution in [-0.4, -0.2) is 45.7 Å². The number of benzene rings is 1. The molecular weight excluding hydrogens is 412 g/mol. The van der Waals surface area contributed by atoms with Gasteiger partial charge < -0.3 is 15.0 Å². The first-order valence-corrected chi connectivity index (χ1v) is 10.8. The molecule has 1 unspecified atom stereocenters. The van der Waals surface area contributed by atoms with E-state index in [1.165, 1.54) is 6.33 Å². The van der Waals surface area contributed by atoms with Crippen molar-refractivity contribution in [2.24, 2.45) is 0 Å². The van der Waals surface area contributed by atoms with Gasteiger partial charge in [0.05, 0.1) is 29.1 Å². The van der Waals surface area contributed by atoms with E-state index in [0.29, 0.717) is 22.4 Å². The first-order chi connectivity index (χ1) is 14.8. The molecule has 7 nitrogen and oxygen atoms in total. The molecule has 162 valence electrons. The molecule has 0 amide bonds. The maximum atomic E-state index is 9.84. The number of halogens is 1. The van der Waals surface area contributed by atoms with Crippen LogP contribution in [0.5, 0.6) is 5.75 Å². The highest BCUT2D eigenvalue weighted by Crippen LogP contribution is 2.44. The summed E-state index contributed by atoms with van der Waals surface area (Å²) in [6, 6.07) is 4.48. The van der Waals surface area contributed by atoms with Crippen LogP contribution in [0.3, 0.4) is 0 Å². The maximum absolute atomic E-state index is 9.84. The lowest BCUT2D eigenvalue weighted by molar-refractivity contribution is 0.108. The molecule has 1 aliphatic rings. The Morgan fingerprint density at radius 3 is 2.61 bits per heavy atom. The van der Waals surface area contributed by atoms with Crippen LogP contribution >= 0.6 is 11.6 Å². The van der Waals surface area contributed by atoms with Gasteiger partial charge in [-0.25, -0.2) is 9.97 Å². The van der Waals surface area contributed by atoms with Crippen molar-refractivity contribution in [3.05, 3.63) is 45.9 Å². The van der Waals surface area contributed by atoms with E-state index >= 15 is 0 Å². The summed E-state index contributed by atoms with van der Waals surface area (Å²) in [7, 11) is 1.65. The van der Waals surface area contributed by atoms with Crippen LogP contribution in [0.15, 0.2) is 18.6 Å². The third kappa shape index (κ3) is 3.40. The molecule has 0 radical (unpaired) electrons. The minimum absolute atomic E-state index is 0.134. The number of nitriles is 1. The number of nitrogen functional groups attached to an aromatic ring is 1. The molecule has 0 saturated carbocycles. The Bertz CT molecular complexity index is 1190. The first-order valence-electron chi connectivity index (χ1n) is 10.4. The molecule has 1 atom stereocenters. The largest absolute Gasteiger partial charge is 0.496 e. The highest BCUT2D eigenvalue weighted by molar-refractivity contribution is 6.32. The second-order valence-electron chi connectivity index (χ2n) is 8.48. The van der Waals surface area contributed by atoms with E-state index in [0.717, 1.165) is 46.6 Å². The molecule has 1 saturated heterocycles. The van der Waals surface area contributed by atoms with Gasteiger partial charge >= 0.3 is 0 Å². The van der Waals surface area contributed by atoms with E-state index in [4.69, 9.17) is 22.1 Å². The Labute approximate surface area is 187 Å². The zero-order valence-electron chi connectivity index (χ0n) is 18.5. The maximum Gasteiger partial charge on any atom is 0.146 e. The quantitative estimate of drug-likeness (QED) is 0.639. The van der Waals surface area contributed by atoms with Gasteiger partial charge in [0.2, 0.25) is 0 Å². The lowest BCUT2D eigenvalue weighted by atomic mass is 9.84. The molecule has 0 spiro atoms. The van der Waals surface area contributed by atoms with E-state index in [1.807, 2.05) is 19.2 Å². The number of hydrogen-bond donors (Lipinski definition) is 1. The molecule has 31 heavy (non-hydrogen) atoms. The second-order valence-corrected chi connectivity index (χ2v) is 8.89. The number of methoxy groups -OCH3 is 1. The second kappa shape index (κ2) is 8.03. The van der Waals surface area contributed by atoms with Crippen LogP contribution in [0, 0.1) is 18.3 Å². The summed E-state index contributed by atoms with van der Waals surface area (Å²) in [5.74, 6) is 1.39. The average Bonchev–Trinajstić information content (AvgIpc) is 3.03. The highest BCUT2D eigenvalue weighted by atomic mass is 35.5. The number of likely N-dealkylation sites (tertiary alicyclic amines) is 1. The number of aromatic nitrogens is 3. The molecule has 1 aromatic carbocycles. The number of nitrogens with zero attached hydrogens (tertiary/aromatic N) is 5. The standard InChI is InChI=1S/C23H27ClN6O/c1-12(2)29-9-15(10-29)20-17(7-25)18(24)6-16(21(20)31-5)14(4)30-8-13(3)19-22(26)27-11-28-23(19)30/h6,8,11-12,14-15H,9-10H2,1-5H3,(H2,26,27,28). The lowest BCUT2D eigenvalue weighted by Crippen LogP contribution is -2.49. The van der Waals surface area contributed by atoms with Crippen molar-refractivity contribution in [2.75, 3.05) is 25.9 Å². The number of nitrogens with two attached hydrogens (primary N) is 1. The Morgan fingerprint density at radius 2 is 2.00 bits per heavy atom. The fourth-order valence-electron chi connectivity index (χ4n) is 4.57. The Morgan fingerprint density at radius 1 is 1.29 bits per heavy atom. The number of rotatable bonds is 5. The number of anilines is 1. The van der Waals surface area contributed by atoms with Gasteiger partial charge in [0.25, 0.3) is 0 Å². The average molecular weight is 439 g/mol. The Kier molecular flexibility index (Phi) is 5.54. The van der Waals surface area contributed by atoms with Crippen LogP contribution in [0.25, 0.3) is 11.0 Å². The van der Waals surface area contributed by atoms with Crippen molar-refractivity contribution >= 4 is 28.5 Å². The summed E-state index contributed by atoms with van der Waals surface area (Å²) in [4.78, 5) is 11.0. The van der Waals surface area contributed by atoms with E-state index in [-0.39, 0.29) is 12.0 Å². The van der Waals surface area contributed by atoms with Gasteiger partial charge in [-0.1, -0.05) is 11.6 Å². The predicted molar refractivity (Wildman–Crippen MR) is 123 cm³/mol. The monoisotopic (exact) mass is 438 g/mol. The fraction of sp³-hybridized carbons (Fsp3) is 0.435. The van der Waals surface area contributed by atoms with Crippen molar-refractivity contribution in [1.82, 2.24) is 19.4 Å². The number of ether oxygens (including phenoxy) is 1. The van der Waals surface area contributed by atoms with Crippen LogP contribution in [0.1, 0.15) is 55.0 Å². The van der Waals surface area contributed by atoms with Gasteiger partial charge in [-0.2, -0.15) is 5.26 Å². The Balaban J connectivity index is 1.86. The molecule has 1 fully saturated rings. The zero-order chi connectivity index (χ0) is 22.4. The number of fused-ring (bicyclic) bond motifs is 1. The van der Waals surface area contributed by atoms with Gasteiger partial charge in [-0.3, -0.25) is 4.90 Å². The van der Waals surface area contributed by atoms with Crippen molar-refractivity contribution in [1.29, 1.82) is 5.26 Å². The molecule has 2 N–H and O–H groups in total. The molecule has 8 heteroatoms. The summed E-state index contributed by atoms with van der Waals surface area (Å²) in [5, 5.41) is 11.1. The topological polar surface area (TPSA) is 93.0 Å². The predicted octanol–water partition coefficient (Wildman–Crippen LogP) is 4.27. The highest BCUT2D eigenvalue weighted by Gasteiger charge is 2.36. The molecule has 2 aromatic heterocycles. The molecule has 3 heterocycles. The van der Waals surface area contributed by atoms with Gasteiger partial charge in [0, 0.05) is 42.4 Å². The zero-order valence-corrected chi connectivity index (χ0v) is 19.2. The Hall–Kier alpha value is -2.82. The molecular formula is C23H27ClN6O. The van der Waals surface area contributed by atoms with Crippen LogP contribution < -0.4 is 10.5 Å². The van der Waals surface area contributed by atoms with Crippen LogP contribution in [0.4, 0.5) is 5.82 Å². The van der Waals surface area contributed by atoms with Gasteiger partial charge in [0.1, 0.15) is 29.6 Å². The van der Waals surface area contributed by atoms with Gasteiger partial charge in [-0.15, -0.1) is 0 Å². The number of hydrogen-bond acceptors (Lipinski definition) is 6. The third-order valence-electron chi connectivity index (χ3n) is 6.36. The summed E-state index contributed by atoms with van der Waals surface area (Å²) in [5.41, 5.74) is 10.2. The van der Waals surface area contributed by atoms with E-state index in [9.17, 15) is 5.26 Å². The molecule has 3 aromatic rings. The molecule has 1 aliphatic heterocycles. The van der Waals surface area contributed by atoms with E-state index in [1.54, 1.807) is 7.11 Å². The third-order valence-corrected chi connectivity index (χ3v) is 6.66. The van der Waals surface area contributed by atoms with Gasteiger partial charge in [0.15, 0.2) is 0 Å². The SMILES string of the molecule is COc1c(C(C)n2cc(C)c3c(N)ncnc32)cc(Cl)c(C#N)c1C1CN(C(C)C)C1. The van der Waals surface area contributed by atoms with Crippen molar-refractivity contribution in [3.8, 4) is 11.8 Å². The van der Waals surface area contributed by atoms with Crippen LogP contribution in [0.2, 0.25) is 5.02 Å². The van der Waals surface area contributed by atoms with Crippen LogP contribution in [-0.2, 0) is 0 Å². The fourth-order valence-corrected chi connectivity index (χ4v) is 4.83. The minimum Gasteiger partial charge on any atom is -0.496 e. The van der Waals surface area contributed by atoms with E-state index < -0.39 is 0 Å². The molecule has 0 aliphatic carbocycles. The summed E-state index contributed by atoms with van der Waals surface area (Å²) < 4.78 is 7.98. The normalized spacial score (nSPS) is 15.8. The molecule has 4 rings (SSSR count). The van der Waals surface area contributed by atoms with E-state index in [2.05, 4.69) is 46.3 Å². The molecule has 0 bridgehead atoms.